The molecule has 32 heavy (non-hydrogen) atoms. The molecular weight excluding hydrogens is 528 g/mol. The molecule has 0 saturated carbocycles. The summed E-state index contributed by atoms with van der Waals surface area (Å²) in [4.78, 5) is 11.3. The minimum atomic E-state index is -0.266. The van der Waals surface area contributed by atoms with Crippen LogP contribution in [-0.2, 0) is 4.79 Å². The van der Waals surface area contributed by atoms with E-state index >= 15 is 0 Å². The third kappa shape index (κ3) is 11.4. The minimum absolute atomic E-state index is 0. The monoisotopic (exact) mass is 564 g/mol. The van der Waals surface area contributed by atoms with Crippen molar-refractivity contribution in [2.45, 2.75) is 54.9 Å². The fraction of sp³-hybridized carbons (Fsp3) is 0.393. The first-order chi connectivity index (χ1) is 14.5. The van der Waals surface area contributed by atoms with E-state index in [-0.39, 0.29) is 30.6 Å². The Bertz CT molecular complexity index is 896. The van der Waals surface area contributed by atoms with Crippen LogP contribution in [-0.4, -0.2) is 17.5 Å². The van der Waals surface area contributed by atoms with Crippen molar-refractivity contribution >= 4 is 49.8 Å². The van der Waals surface area contributed by atoms with E-state index in [0.717, 1.165) is 27.4 Å². The van der Waals surface area contributed by atoms with E-state index < -0.39 is 0 Å². The lowest BCUT2D eigenvalue weighted by atomic mass is 9.85. The predicted molar refractivity (Wildman–Crippen MR) is 148 cm³/mol. The van der Waals surface area contributed by atoms with E-state index in [1.165, 1.54) is 5.56 Å². The molecule has 0 aliphatic rings. The number of Topliss-reactive ketones (excluding diaryl/α,β-unsaturated/α-hetero) is 1. The van der Waals surface area contributed by atoms with Gasteiger partial charge in [0.2, 0.25) is 0 Å². The second-order valence-corrected chi connectivity index (χ2v) is 10.7. The van der Waals surface area contributed by atoms with Crippen molar-refractivity contribution in [3.63, 3.8) is 0 Å². The number of allylic oxidation sites excluding steroid dienone is 2. The third-order valence-electron chi connectivity index (χ3n) is 5.08. The van der Waals surface area contributed by atoms with Crippen molar-refractivity contribution in [2.75, 3.05) is 6.61 Å². The standard InChI is InChI=1S/C14H17BrO.C13H17BrO.CH4/c1-11(16)14(2,3)10-6-8-12-7-4-5-9-13(12)15;1-13(2,10-15)9-5-7-11-6-3-4-8-12(11)14;/h4-9H,10H2,1-3H3;3-8,15H,9-10H2,1-2H3;1H4. The zero-order chi connectivity index (χ0) is 23.5. The summed E-state index contributed by atoms with van der Waals surface area (Å²) >= 11 is 6.98. The first kappa shape index (κ1) is 30.5. The maximum Gasteiger partial charge on any atom is 0.135 e. The Hall–Kier alpha value is -1.49. The fourth-order valence-electron chi connectivity index (χ4n) is 2.41. The van der Waals surface area contributed by atoms with Crippen LogP contribution >= 0.6 is 31.9 Å². The molecule has 0 radical (unpaired) electrons. The highest BCUT2D eigenvalue weighted by molar-refractivity contribution is 9.10. The number of aliphatic hydroxyl groups is 1. The summed E-state index contributed by atoms with van der Waals surface area (Å²) in [6.45, 7) is 9.91. The van der Waals surface area contributed by atoms with Crippen LogP contribution in [0.5, 0.6) is 0 Å². The summed E-state index contributed by atoms with van der Waals surface area (Å²) in [5.41, 5.74) is 2.02. The van der Waals surface area contributed by atoms with Crippen molar-refractivity contribution < 1.29 is 9.90 Å². The van der Waals surface area contributed by atoms with E-state index in [4.69, 9.17) is 5.11 Å². The highest BCUT2D eigenvalue weighted by Gasteiger charge is 2.21. The van der Waals surface area contributed by atoms with Crippen molar-refractivity contribution in [1.29, 1.82) is 0 Å². The van der Waals surface area contributed by atoms with Gasteiger partial charge >= 0.3 is 0 Å². The highest BCUT2D eigenvalue weighted by atomic mass is 79.9. The van der Waals surface area contributed by atoms with Gasteiger partial charge in [-0.25, -0.2) is 0 Å². The maximum absolute atomic E-state index is 11.3. The second-order valence-electron chi connectivity index (χ2n) is 9.02. The number of carbonyl (C=O) groups is 1. The van der Waals surface area contributed by atoms with Crippen LogP contribution in [0.15, 0.2) is 69.6 Å². The van der Waals surface area contributed by atoms with Gasteiger partial charge in [0, 0.05) is 21.0 Å². The lowest BCUT2D eigenvalue weighted by Gasteiger charge is -2.18. The number of rotatable bonds is 8. The average molecular weight is 566 g/mol. The van der Waals surface area contributed by atoms with Crippen molar-refractivity contribution in [3.8, 4) is 0 Å². The van der Waals surface area contributed by atoms with E-state index in [9.17, 15) is 4.79 Å². The molecule has 1 N–H and O–H groups in total. The number of hydrogen-bond acceptors (Lipinski definition) is 2. The van der Waals surface area contributed by atoms with Gasteiger partial charge in [0.25, 0.3) is 0 Å². The third-order valence-corrected chi connectivity index (χ3v) is 6.53. The number of ketones is 1. The highest BCUT2D eigenvalue weighted by Crippen LogP contribution is 2.24. The van der Waals surface area contributed by atoms with Gasteiger partial charge in [-0.15, -0.1) is 0 Å². The molecule has 176 valence electrons. The molecule has 0 spiro atoms. The van der Waals surface area contributed by atoms with Crippen molar-refractivity contribution in [3.05, 3.63) is 80.8 Å². The van der Waals surface area contributed by atoms with Crippen LogP contribution in [0, 0.1) is 10.8 Å². The van der Waals surface area contributed by atoms with E-state index in [1.807, 2.05) is 56.3 Å². The Balaban J connectivity index is 0.000000584. The smallest absolute Gasteiger partial charge is 0.135 e. The number of halogens is 2. The van der Waals surface area contributed by atoms with Gasteiger partial charge < -0.3 is 5.11 Å². The van der Waals surface area contributed by atoms with E-state index in [2.05, 4.69) is 76.1 Å². The zero-order valence-electron chi connectivity index (χ0n) is 19.2. The average Bonchev–Trinajstić information content (AvgIpc) is 2.71. The summed E-state index contributed by atoms with van der Waals surface area (Å²) in [7, 11) is 0. The maximum atomic E-state index is 11.3. The largest absolute Gasteiger partial charge is 0.396 e. The molecule has 2 aromatic rings. The molecule has 2 nitrogen and oxygen atoms in total. The number of benzene rings is 2. The summed E-state index contributed by atoms with van der Waals surface area (Å²) in [6, 6.07) is 16.1. The van der Waals surface area contributed by atoms with Crippen LogP contribution in [0.1, 0.15) is 66.0 Å². The first-order valence-corrected chi connectivity index (χ1v) is 12.0. The van der Waals surface area contributed by atoms with Crippen LogP contribution in [0.2, 0.25) is 0 Å². The van der Waals surface area contributed by atoms with Gasteiger partial charge in [-0.2, -0.15) is 0 Å². The molecule has 0 aliphatic heterocycles. The summed E-state index contributed by atoms with van der Waals surface area (Å²) < 4.78 is 2.18. The Morgan fingerprint density at radius 2 is 1.25 bits per heavy atom. The normalized spacial score (nSPS) is 11.8. The van der Waals surface area contributed by atoms with E-state index in [0.29, 0.717) is 0 Å². The topological polar surface area (TPSA) is 37.3 Å². The van der Waals surface area contributed by atoms with Crippen LogP contribution < -0.4 is 0 Å². The number of carbonyl (C=O) groups excluding carboxylic acids is 1. The summed E-state index contributed by atoms with van der Waals surface area (Å²) in [5, 5.41) is 9.10. The van der Waals surface area contributed by atoms with Gasteiger partial charge in [0.05, 0.1) is 0 Å². The van der Waals surface area contributed by atoms with Gasteiger partial charge in [-0.3, -0.25) is 4.79 Å². The molecule has 2 rings (SSSR count). The van der Waals surface area contributed by atoms with E-state index in [1.54, 1.807) is 6.92 Å². The molecule has 0 aromatic heterocycles. The molecule has 0 atom stereocenters. The Morgan fingerprint density at radius 3 is 1.62 bits per heavy atom. The molecule has 0 saturated heterocycles. The molecule has 0 amide bonds. The molecule has 4 heteroatoms. The Labute approximate surface area is 212 Å². The zero-order valence-corrected chi connectivity index (χ0v) is 22.3. The fourth-order valence-corrected chi connectivity index (χ4v) is 3.25. The van der Waals surface area contributed by atoms with Gasteiger partial charge in [0.1, 0.15) is 5.78 Å². The Kier molecular flexibility index (Phi) is 13.9. The Morgan fingerprint density at radius 1 is 0.844 bits per heavy atom. The van der Waals surface area contributed by atoms with Crippen LogP contribution in [0.25, 0.3) is 12.2 Å². The van der Waals surface area contributed by atoms with Gasteiger partial charge in [-0.1, -0.05) is 128 Å². The van der Waals surface area contributed by atoms with Crippen LogP contribution in [0.4, 0.5) is 0 Å². The quantitative estimate of drug-likeness (QED) is 0.346. The van der Waals surface area contributed by atoms with Crippen molar-refractivity contribution in [2.24, 2.45) is 10.8 Å². The predicted octanol–water partition coefficient (Wildman–Crippen LogP) is 8.97. The van der Waals surface area contributed by atoms with Crippen molar-refractivity contribution in [1.82, 2.24) is 0 Å². The molecular formula is C28H38Br2O2. The number of aliphatic hydroxyl groups excluding tert-OH is 1. The lowest BCUT2D eigenvalue weighted by Crippen LogP contribution is -2.19. The van der Waals surface area contributed by atoms with Gasteiger partial charge in [0.15, 0.2) is 0 Å². The first-order valence-electron chi connectivity index (χ1n) is 10.4. The summed E-state index contributed by atoms with van der Waals surface area (Å²) in [5.74, 6) is 0.226. The summed E-state index contributed by atoms with van der Waals surface area (Å²) in [6.07, 6.45) is 9.95. The second kappa shape index (κ2) is 14.6. The molecule has 0 unspecified atom stereocenters. The molecule has 0 fully saturated rings. The molecule has 0 bridgehead atoms. The number of hydrogen-bond donors (Lipinski definition) is 1. The molecule has 0 heterocycles. The SMILES string of the molecule is C.CC(=O)C(C)(C)CC=Cc1ccccc1Br.CC(C)(CO)CC=Cc1ccccc1Br. The minimum Gasteiger partial charge on any atom is -0.396 e. The van der Waals surface area contributed by atoms with Crippen LogP contribution in [0.3, 0.4) is 0 Å². The lowest BCUT2D eigenvalue weighted by molar-refractivity contribution is -0.124. The molecule has 2 aromatic carbocycles. The molecule has 0 aliphatic carbocycles. The van der Waals surface area contributed by atoms with Gasteiger partial charge in [-0.05, 0) is 48.4 Å².